The third-order valence-electron chi connectivity index (χ3n) is 4.99. The number of carbonyl (C=O) groups is 1. The number of amides is 1. The molecule has 2 aliphatic rings. The van der Waals surface area contributed by atoms with Gasteiger partial charge in [0.15, 0.2) is 5.16 Å². The summed E-state index contributed by atoms with van der Waals surface area (Å²) in [7, 11) is 1.88. The third-order valence-corrected chi connectivity index (χ3v) is 5.55. The predicted molar refractivity (Wildman–Crippen MR) is 103 cm³/mol. The van der Waals surface area contributed by atoms with Gasteiger partial charge in [0.25, 0.3) is 0 Å². The minimum Gasteiger partial charge on any atom is -0.444 e. The van der Waals surface area contributed by atoms with Crippen molar-refractivity contribution in [3.8, 4) is 0 Å². The predicted octanol–water partition coefficient (Wildman–Crippen LogP) is 2.73. The molecule has 1 aliphatic heterocycles. The molecule has 26 heavy (non-hydrogen) atoms. The number of rotatable bonds is 5. The van der Waals surface area contributed by atoms with Crippen molar-refractivity contribution in [2.24, 2.45) is 5.92 Å². The number of nitrogens with zero attached hydrogens (tertiary/aromatic N) is 3. The van der Waals surface area contributed by atoms with Crippen LogP contribution in [0.25, 0.3) is 0 Å². The molecule has 2 bridgehead atoms. The molecule has 3 unspecified atom stereocenters. The van der Waals surface area contributed by atoms with Gasteiger partial charge in [0, 0.05) is 44.0 Å². The zero-order valence-corrected chi connectivity index (χ0v) is 17.0. The molecule has 0 spiro atoms. The van der Waals surface area contributed by atoms with Crippen LogP contribution in [0.4, 0.5) is 10.6 Å². The highest BCUT2D eigenvalue weighted by Crippen LogP contribution is 2.38. The van der Waals surface area contributed by atoms with Gasteiger partial charge in [0.05, 0.1) is 0 Å². The van der Waals surface area contributed by atoms with Gasteiger partial charge in [-0.3, -0.25) is 0 Å². The van der Waals surface area contributed by atoms with E-state index in [4.69, 9.17) is 4.74 Å². The molecule has 1 aliphatic carbocycles. The number of aromatic nitrogens is 2. The number of ether oxygens (including phenoxy) is 1. The van der Waals surface area contributed by atoms with E-state index in [0.717, 1.165) is 42.5 Å². The normalized spacial score (nSPS) is 24.8. The maximum atomic E-state index is 12.3. The summed E-state index contributed by atoms with van der Waals surface area (Å²) in [6, 6.07) is 0.704. The van der Waals surface area contributed by atoms with Crippen LogP contribution in [0.2, 0.25) is 0 Å². The lowest BCUT2D eigenvalue weighted by atomic mass is 10.0. The number of thioether (sulfide) groups is 1. The molecule has 2 fully saturated rings. The quantitative estimate of drug-likeness (QED) is 0.601. The summed E-state index contributed by atoms with van der Waals surface area (Å²) in [5, 5.41) is 7.56. The molecule has 144 valence electrons. The van der Waals surface area contributed by atoms with Gasteiger partial charge in [-0.05, 0) is 45.8 Å². The molecule has 1 saturated carbocycles. The number of piperidine rings is 1. The van der Waals surface area contributed by atoms with E-state index in [1.165, 1.54) is 11.8 Å². The van der Waals surface area contributed by atoms with Crippen LogP contribution in [0, 0.1) is 5.92 Å². The van der Waals surface area contributed by atoms with Crippen molar-refractivity contribution >= 4 is 23.7 Å². The lowest BCUT2D eigenvalue weighted by Crippen LogP contribution is -2.47. The summed E-state index contributed by atoms with van der Waals surface area (Å²) in [5.74, 6) is 1.35. The van der Waals surface area contributed by atoms with E-state index >= 15 is 0 Å². The van der Waals surface area contributed by atoms with Crippen LogP contribution in [-0.2, 0) is 11.3 Å². The molecule has 1 saturated heterocycles. The van der Waals surface area contributed by atoms with E-state index in [0.29, 0.717) is 12.0 Å². The fourth-order valence-corrected chi connectivity index (χ4v) is 4.16. The van der Waals surface area contributed by atoms with Crippen LogP contribution in [0.1, 0.15) is 39.2 Å². The summed E-state index contributed by atoms with van der Waals surface area (Å²) in [6.07, 6.45) is 5.71. The second kappa shape index (κ2) is 7.60. The maximum absolute atomic E-state index is 12.3. The number of hydrogen-bond acceptors (Lipinski definition) is 7. The van der Waals surface area contributed by atoms with Crippen LogP contribution < -0.4 is 10.6 Å². The van der Waals surface area contributed by atoms with E-state index in [1.807, 2.05) is 45.2 Å². The number of fused-ring (bicyclic) bond motifs is 2. The number of anilines is 1. The highest BCUT2D eigenvalue weighted by Gasteiger charge is 2.47. The maximum Gasteiger partial charge on any atom is 0.410 e. The monoisotopic (exact) mass is 379 g/mol. The van der Waals surface area contributed by atoms with Crippen molar-refractivity contribution in [2.75, 3.05) is 25.2 Å². The fourth-order valence-electron chi connectivity index (χ4n) is 3.82. The number of nitrogens with one attached hydrogen (secondary N) is 2. The fraction of sp³-hybridized carbons (Fsp3) is 0.722. The molecular formula is C18H29N5O2S. The molecule has 7 nitrogen and oxygen atoms in total. The molecule has 2 N–H and O–H groups in total. The average Bonchev–Trinajstić information content (AvgIpc) is 3.18. The Kier molecular flexibility index (Phi) is 5.62. The molecule has 3 atom stereocenters. The summed E-state index contributed by atoms with van der Waals surface area (Å²) in [4.78, 5) is 23.1. The Bertz CT molecular complexity index is 663. The number of carbonyl (C=O) groups excluding carboxylic acids is 1. The molecule has 8 heteroatoms. The van der Waals surface area contributed by atoms with Crippen LogP contribution in [0.15, 0.2) is 11.4 Å². The van der Waals surface area contributed by atoms with E-state index in [2.05, 4.69) is 20.6 Å². The lowest BCUT2D eigenvalue weighted by molar-refractivity contribution is 0.0174. The van der Waals surface area contributed by atoms with Gasteiger partial charge in [-0.2, -0.15) is 0 Å². The minimum atomic E-state index is -0.441. The summed E-state index contributed by atoms with van der Waals surface area (Å²) < 4.78 is 5.53. The van der Waals surface area contributed by atoms with E-state index < -0.39 is 5.60 Å². The van der Waals surface area contributed by atoms with Crippen LogP contribution in [0.5, 0.6) is 0 Å². The highest BCUT2D eigenvalue weighted by molar-refractivity contribution is 7.98. The van der Waals surface area contributed by atoms with Crippen molar-refractivity contribution in [2.45, 2.75) is 63.0 Å². The first-order chi connectivity index (χ1) is 12.3. The lowest BCUT2D eigenvalue weighted by Gasteiger charge is -2.33. The van der Waals surface area contributed by atoms with Crippen molar-refractivity contribution in [1.29, 1.82) is 0 Å². The summed E-state index contributed by atoms with van der Waals surface area (Å²) in [5.41, 5.74) is 0.625. The Hall–Kier alpha value is -1.54. The van der Waals surface area contributed by atoms with E-state index in [9.17, 15) is 4.79 Å². The second-order valence-electron chi connectivity index (χ2n) is 7.99. The van der Waals surface area contributed by atoms with Crippen molar-refractivity contribution < 1.29 is 9.53 Å². The highest BCUT2D eigenvalue weighted by atomic mass is 32.2. The molecule has 0 radical (unpaired) electrons. The largest absolute Gasteiger partial charge is 0.444 e. The van der Waals surface area contributed by atoms with Gasteiger partial charge >= 0.3 is 6.09 Å². The third kappa shape index (κ3) is 4.23. The summed E-state index contributed by atoms with van der Waals surface area (Å²) in [6.45, 7) is 7.23. The van der Waals surface area contributed by atoms with Gasteiger partial charge < -0.3 is 20.3 Å². The smallest absolute Gasteiger partial charge is 0.410 e. The first-order valence-corrected chi connectivity index (χ1v) is 10.3. The van der Waals surface area contributed by atoms with Gasteiger partial charge in [-0.15, -0.1) is 0 Å². The van der Waals surface area contributed by atoms with Crippen LogP contribution in [-0.4, -0.2) is 58.5 Å². The van der Waals surface area contributed by atoms with Crippen LogP contribution in [0.3, 0.4) is 0 Å². The van der Waals surface area contributed by atoms with Crippen molar-refractivity contribution in [3.63, 3.8) is 0 Å². The molecule has 0 aromatic carbocycles. The second-order valence-corrected chi connectivity index (χ2v) is 8.76. The number of likely N-dealkylation sites (tertiary alicyclic amines) is 1. The minimum absolute atomic E-state index is 0.179. The zero-order chi connectivity index (χ0) is 18.9. The van der Waals surface area contributed by atoms with E-state index in [-0.39, 0.29) is 12.1 Å². The van der Waals surface area contributed by atoms with Gasteiger partial charge in [-0.25, -0.2) is 14.8 Å². The molecule has 1 amide bonds. The van der Waals surface area contributed by atoms with Crippen molar-refractivity contribution in [3.05, 3.63) is 11.8 Å². The topological polar surface area (TPSA) is 79.4 Å². The molecular weight excluding hydrogens is 350 g/mol. The SMILES string of the molecule is CNc1nc(SC)ncc1CNC1CC2CC1CN2C(=O)OC(C)(C)C. The number of hydrogen-bond donors (Lipinski definition) is 2. The Morgan fingerprint density at radius 3 is 2.77 bits per heavy atom. The molecule has 2 heterocycles. The first-order valence-electron chi connectivity index (χ1n) is 9.11. The Morgan fingerprint density at radius 1 is 1.42 bits per heavy atom. The Labute approximate surface area is 159 Å². The Morgan fingerprint density at radius 2 is 2.19 bits per heavy atom. The molecule has 1 aromatic heterocycles. The van der Waals surface area contributed by atoms with Crippen LogP contribution >= 0.6 is 11.8 Å². The Balaban J connectivity index is 1.55. The molecule has 3 rings (SSSR count). The summed E-state index contributed by atoms with van der Waals surface area (Å²) >= 11 is 1.53. The standard InChI is InChI=1S/C18H29N5O2S/c1-18(2,3)25-17(24)23-10-11-6-13(23)7-14(11)20-8-12-9-21-16(26-5)22-15(12)19-4/h9,11,13-14,20H,6-8,10H2,1-5H3,(H,19,21,22). The van der Waals surface area contributed by atoms with Gasteiger partial charge in [0.2, 0.25) is 0 Å². The first kappa shape index (κ1) is 19.2. The zero-order valence-electron chi connectivity index (χ0n) is 16.2. The van der Waals surface area contributed by atoms with Gasteiger partial charge in [0.1, 0.15) is 11.4 Å². The molecule has 1 aromatic rings. The van der Waals surface area contributed by atoms with Gasteiger partial charge in [-0.1, -0.05) is 11.8 Å². The van der Waals surface area contributed by atoms with E-state index in [1.54, 1.807) is 0 Å². The average molecular weight is 380 g/mol. The van der Waals surface area contributed by atoms with Crippen molar-refractivity contribution in [1.82, 2.24) is 20.2 Å².